The first-order valence-electron chi connectivity index (χ1n) is 7.24. The van der Waals surface area contributed by atoms with Gasteiger partial charge < -0.3 is 5.32 Å². The van der Waals surface area contributed by atoms with Crippen molar-refractivity contribution in [2.75, 3.05) is 16.4 Å². The Morgan fingerprint density at radius 3 is 2.83 bits per heavy atom. The fourth-order valence-electron chi connectivity index (χ4n) is 1.90. The standard InChI is InChI=1S/C15H16N4O2S2/c1-9-18-19-15(23-9)17-13(20)8-22-12-4-2-3-11(7-12)16-14(21)10-5-6-10/h2-4,7,10H,5-6,8H2,1H3,(H,16,21)(H,17,19,20). The predicted molar refractivity (Wildman–Crippen MR) is 91.8 cm³/mol. The summed E-state index contributed by atoms with van der Waals surface area (Å²) in [6.45, 7) is 1.84. The van der Waals surface area contributed by atoms with Gasteiger partial charge in [-0.2, -0.15) is 0 Å². The predicted octanol–water partition coefficient (Wildman–Crippen LogP) is 2.93. The van der Waals surface area contributed by atoms with Crippen LogP contribution in [0.1, 0.15) is 17.8 Å². The summed E-state index contributed by atoms with van der Waals surface area (Å²) in [5.41, 5.74) is 0.770. The van der Waals surface area contributed by atoms with Crippen LogP contribution in [-0.2, 0) is 9.59 Å². The maximum Gasteiger partial charge on any atom is 0.236 e. The summed E-state index contributed by atoms with van der Waals surface area (Å²) in [5.74, 6) is 0.404. The monoisotopic (exact) mass is 348 g/mol. The van der Waals surface area contributed by atoms with Gasteiger partial charge in [0.2, 0.25) is 16.9 Å². The minimum atomic E-state index is -0.126. The number of aryl methyl sites for hydroxylation is 1. The van der Waals surface area contributed by atoms with Gasteiger partial charge in [-0.1, -0.05) is 17.4 Å². The number of aromatic nitrogens is 2. The van der Waals surface area contributed by atoms with Gasteiger partial charge in [-0.05, 0) is 38.0 Å². The van der Waals surface area contributed by atoms with Gasteiger partial charge in [0, 0.05) is 16.5 Å². The number of hydrogen-bond acceptors (Lipinski definition) is 6. The lowest BCUT2D eigenvalue weighted by atomic mass is 10.3. The van der Waals surface area contributed by atoms with Gasteiger partial charge in [-0.25, -0.2) is 0 Å². The highest BCUT2D eigenvalue weighted by Gasteiger charge is 2.29. The molecule has 3 rings (SSSR count). The Labute approximate surface area is 142 Å². The summed E-state index contributed by atoms with van der Waals surface area (Å²) >= 11 is 2.76. The number of carbonyl (C=O) groups is 2. The van der Waals surface area contributed by atoms with Crippen molar-refractivity contribution in [2.24, 2.45) is 5.92 Å². The molecule has 0 spiro atoms. The summed E-state index contributed by atoms with van der Waals surface area (Å²) in [6.07, 6.45) is 1.96. The van der Waals surface area contributed by atoms with Crippen molar-refractivity contribution in [3.05, 3.63) is 29.3 Å². The van der Waals surface area contributed by atoms with Crippen molar-refractivity contribution < 1.29 is 9.59 Å². The molecule has 1 aliphatic carbocycles. The van der Waals surface area contributed by atoms with E-state index in [1.54, 1.807) is 0 Å². The number of nitrogens with one attached hydrogen (secondary N) is 2. The van der Waals surface area contributed by atoms with Crippen LogP contribution in [-0.4, -0.2) is 27.8 Å². The first-order valence-corrected chi connectivity index (χ1v) is 9.04. The van der Waals surface area contributed by atoms with Gasteiger partial charge in [0.15, 0.2) is 0 Å². The summed E-state index contributed by atoms with van der Waals surface area (Å²) < 4.78 is 0. The van der Waals surface area contributed by atoms with E-state index in [9.17, 15) is 9.59 Å². The van der Waals surface area contributed by atoms with Gasteiger partial charge in [0.05, 0.1) is 5.75 Å². The highest BCUT2D eigenvalue weighted by atomic mass is 32.2. The first-order chi connectivity index (χ1) is 11.1. The zero-order valence-corrected chi connectivity index (χ0v) is 14.2. The number of anilines is 2. The Morgan fingerprint density at radius 1 is 1.30 bits per heavy atom. The lowest BCUT2D eigenvalue weighted by molar-refractivity contribution is -0.117. The van der Waals surface area contributed by atoms with Crippen LogP contribution in [0.4, 0.5) is 10.8 Å². The molecule has 1 aromatic heterocycles. The highest BCUT2D eigenvalue weighted by molar-refractivity contribution is 8.00. The number of amides is 2. The Morgan fingerprint density at radius 2 is 2.13 bits per heavy atom. The molecule has 1 aromatic carbocycles. The number of benzene rings is 1. The van der Waals surface area contributed by atoms with Gasteiger partial charge in [0.25, 0.3) is 0 Å². The molecule has 0 saturated heterocycles. The summed E-state index contributed by atoms with van der Waals surface area (Å²) in [7, 11) is 0. The van der Waals surface area contributed by atoms with E-state index in [1.807, 2.05) is 31.2 Å². The van der Waals surface area contributed by atoms with Crippen LogP contribution in [0, 0.1) is 12.8 Å². The van der Waals surface area contributed by atoms with Crippen molar-refractivity contribution in [3.8, 4) is 0 Å². The zero-order chi connectivity index (χ0) is 16.2. The molecule has 1 saturated carbocycles. The lowest BCUT2D eigenvalue weighted by Gasteiger charge is -2.06. The number of carbonyl (C=O) groups excluding carboxylic acids is 2. The molecule has 2 amide bonds. The molecule has 0 bridgehead atoms. The van der Waals surface area contributed by atoms with Crippen LogP contribution in [0.3, 0.4) is 0 Å². The molecule has 1 aliphatic rings. The van der Waals surface area contributed by atoms with Crippen LogP contribution in [0.25, 0.3) is 0 Å². The van der Waals surface area contributed by atoms with E-state index in [4.69, 9.17) is 0 Å². The molecule has 2 N–H and O–H groups in total. The molecule has 120 valence electrons. The molecule has 0 atom stereocenters. The van der Waals surface area contributed by atoms with Crippen LogP contribution in [0.5, 0.6) is 0 Å². The fourth-order valence-corrected chi connectivity index (χ4v) is 3.27. The van der Waals surface area contributed by atoms with Crippen LogP contribution < -0.4 is 10.6 Å². The average Bonchev–Trinajstić information content (AvgIpc) is 3.30. The third kappa shape index (κ3) is 4.77. The molecule has 0 unspecified atom stereocenters. The van der Waals surface area contributed by atoms with Crippen molar-refractivity contribution in [1.82, 2.24) is 10.2 Å². The van der Waals surface area contributed by atoms with Crippen molar-refractivity contribution in [2.45, 2.75) is 24.7 Å². The molecule has 8 heteroatoms. The molecule has 6 nitrogen and oxygen atoms in total. The second-order valence-corrected chi connectivity index (χ2v) is 7.48. The Bertz CT molecular complexity index is 728. The number of hydrogen-bond donors (Lipinski definition) is 2. The van der Waals surface area contributed by atoms with E-state index in [2.05, 4.69) is 20.8 Å². The second-order valence-electron chi connectivity index (χ2n) is 5.25. The second kappa shape index (κ2) is 7.10. The van der Waals surface area contributed by atoms with Gasteiger partial charge in [0.1, 0.15) is 5.01 Å². The van der Waals surface area contributed by atoms with Crippen molar-refractivity contribution in [1.29, 1.82) is 0 Å². The molecule has 0 radical (unpaired) electrons. The van der Waals surface area contributed by atoms with Crippen LogP contribution >= 0.6 is 23.1 Å². The highest BCUT2D eigenvalue weighted by Crippen LogP contribution is 2.30. The van der Waals surface area contributed by atoms with Gasteiger partial charge in [-0.3, -0.25) is 14.9 Å². The molecular formula is C15H16N4O2S2. The van der Waals surface area contributed by atoms with E-state index in [-0.39, 0.29) is 23.5 Å². The van der Waals surface area contributed by atoms with Gasteiger partial charge in [-0.15, -0.1) is 22.0 Å². The molecule has 1 heterocycles. The third-order valence-corrected chi connectivity index (χ3v) is 4.94. The fraction of sp³-hybridized carbons (Fsp3) is 0.333. The molecule has 23 heavy (non-hydrogen) atoms. The van der Waals surface area contributed by atoms with Crippen LogP contribution in [0.2, 0.25) is 0 Å². The van der Waals surface area contributed by atoms with E-state index in [0.29, 0.717) is 5.13 Å². The number of rotatable bonds is 6. The zero-order valence-electron chi connectivity index (χ0n) is 12.5. The largest absolute Gasteiger partial charge is 0.326 e. The van der Waals surface area contributed by atoms with Crippen LogP contribution in [0.15, 0.2) is 29.2 Å². The summed E-state index contributed by atoms with van der Waals surface area (Å²) in [4.78, 5) is 24.6. The van der Waals surface area contributed by atoms with E-state index in [0.717, 1.165) is 28.4 Å². The summed E-state index contributed by atoms with van der Waals surface area (Å²) in [6, 6.07) is 7.53. The Hall–Kier alpha value is -1.93. The lowest BCUT2D eigenvalue weighted by Crippen LogP contribution is -2.14. The van der Waals surface area contributed by atoms with Crippen molar-refractivity contribution in [3.63, 3.8) is 0 Å². The van der Waals surface area contributed by atoms with E-state index >= 15 is 0 Å². The van der Waals surface area contributed by atoms with Crippen molar-refractivity contribution >= 4 is 45.7 Å². The average molecular weight is 348 g/mol. The minimum Gasteiger partial charge on any atom is -0.326 e. The quantitative estimate of drug-likeness (QED) is 0.784. The van der Waals surface area contributed by atoms with Gasteiger partial charge >= 0.3 is 0 Å². The maximum atomic E-state index is 11.9. The Kier molecular flexibility index (Phi) is 4.92. The molecule has 0 aliphatic heterocycles. The normalized spacial score (nSPS) is 13.6. The smallest absolute Gasteiger partial charge is 0.236 e. The van der Waals surface area contributed by atoms with E-state index < -0.39 is 0 Å². The molecule has 2 aromatic rings. The summed E-state index contributed by atoms with van der Waals surface area (Å²) in [5, 5.41) is 14.7. The number of thioether (sulfide) groups is 1. The minimum absolute atomic E-state index is 0.0801. The number of nitrogens with zero attached hydrogens (tertiary/aromatic N) is 2. The molecular weight excluding hydrogens is 332 g/mol. The SMILES string of the molecule is Cc1nnc(NC(=O)CSc2cccc(NC(=O)C3CC3)c2)s1. The Balaban J connectivity index is 1.51. The van der Waals surface area contributed by atoms with E-state index in [1.165, 1.54) is 23.1 Å². The third-order valence-electron chi connectivity index (χ3n) is 3.19. The maximum absolute atomic E-state index is 11.9. The molecule has 1 fully saturated rings. The topological polar surface area (TPSA) is 84.0 Å². The first kappa shape index (κ1) is 15.9.